The van der Waals surface area contributed by atoms with Gasteiger partial charge >= 0.3 is 5.97 Å². The fourth-order valence-corrected chi connectivity index (χ4v) is 1.75. The van der Waals surface area contributed by atoms with Crippen LogP contribution in [-0.4, -0.2) is 31.4 Å². The quantitative estimate of drug-likeness (QED) is 0.794. The highest BCUT2D eigenvalue weighted by Crippen LogP contribution is 2.24. The van der Waals surface area contributed by atoms with Crippen LogP contribution in [-0.2, 0) is 0 Å². The van der Waals surface area contributed by atoms with Crippen LogP contribution in [0.1, 0.15) is 10.4 Å². The second-order valence-electron chi connectivity index (χ2n) is 4.18. The van der Waals surface area contributed by atoms with Crippen molar-refractivity contribution in [3.63, 3.8) is 0 Å². The molecule has 0 fully saturated rings. The van der Waals surface area contributed by atoms with E-state index in [0.29, 0.717) is 12.4 Å². The van der Waals surface area contributed by atoms with Crippen LogP contribution in [0.25, 0.3) is 0 Å². The van der Waals surface area contributed by atoms with Crippen LogP contribution in [0.15, 0.2) is 48.5 Å². The maximum Gasteiger partial charge on any atom is 0.339 e. The van der Waals surface area contributed by atoms with E-state index in [4.69, 9.17) is 19.3 Å². The number of carbonyl (C=O) groups is 1. The molecule has 2 aromatic rings. The van der Waals surface area contributed by atoms with Gasteiger partial charge in [-0.15, -0.1) is 0 Å². The molecule has 2 rings (SSSR count). The van der Waals surface area contributed by atoms with Crippen LogP contribution in [0.3, 0.4) is 0 Å². The topological polar surface area (TPSA) is 65.0 Å². The summed E-state index contributed by atoms with van der Waals surface area (Å²) in [4.78, 5) is 11.1. The number of methoxy groups -OCH3 is 1. The summed E-state index contributed by atoms with van der Waals surface area (Å²) in [6.45, 7) is 0.558. The zero-order valence-electron chi connectivity index (χ0n) is 11.6. The number of carboxylic acids is 1. The molecule has 0 unspecified atom stereocenters. The number of rotatable bonds is 7. The molecule has 5 heteroatoms. The molecule has 0 spiro atoms. The Bertz CT molecular complexity index is 595. The summed E-state index contributed by atoms with van der Waals surface area (Å²) in [5.41, 5.74) is 0.0931. The molecular weight excluding hydrogens is 272 g/mol. The van der Waals surface area contributed by atoms with Crippen molar-refractivity contribution in [2.45, 2.75) is 0 Å². The van der Waals surface area contributed by atoms with Gasteiger partial charge < -0.3 is 19.3 Å². The summed E-state index contributed by atoms with van der Waals surface area (Å²) in [7, 11) is 1.51. The number of carboxylic acid groups (broad SMARTS) is 1. The van der Waals surface area contributed by atoms with Crippen molar-refractivity contribution in [1.29, 1.82) is 0 Å². The van der Waals surface area contributed by atoms with Gasteiger partial charge in [0.25, 0.3) is 0 Å². The predicted octanol–water partition coefficient (Wildman–Crippen LogP) is 2.85. The summed E-state index contributed by atoms with van der Waals surface area (Å²) < 4.78 is 16.0. The fraction of sp³-hybridized carbons (Fsp3) is 0.188. The zero-order valence-corrected chi connectivity index (χ0v) is 11.6. The molecule has 0 radical (unpaired) electrons. The second kappa shape index (κ2) is 7.19. The minimum atomic E-state index is -1.04. The standard InChI is InChI=1S/C16H16O5/c1-19-13-7-8-14(16(17)18)15(11-13)21-10-9-20-12-5-3-2-4-6-12/h2-8,11H,9-10H2,1H3,(H,17,18). The van der Waals surface area contributed by atoms with Crippen LogP contribution in [0.2, 0.25) is 0 Å². The number of aromatic carboxylic acids is 1. The summed E-state index contributed by atoms with van der Waals surface area (Å²) in [5, 5.41) is 9.11. The van der Waals surface area contributed by atoms with E-state index in [2.05, 4.69) is 0 Å². The maximum atomic E-state index is 11.1. The van der Waals surface area contributed by atoms with Crippen LogP contribution in [0.4, 0.5) is 0 Å². The van der Waals surface area contributed by atoms with Crippen molar-refractivity contribution in [2.75, 3.05) is 20.3 Å². The van der Waals surface area contributed by atoms with Gasteiger partial charge in [0.15, 0.2) is 0 Å². The lowest BCUT2D eigenvalue weighted by molar-refractivity contribution is 0.0691. The van der Waals surface area contributed by atoms with E-state index >= 15 is 0 Å². The fourth-order valence-electron chi connectivity index (χ4n) is 1.75. The first-order valence-electron chi connectivity index (χ1n) is 6.42. The van der Waals surface area contributed by atoms with Crippen LogP contribution >= 0.6 is 0 Å². The molecule has 0 aliphatic heterocycles. The van der Waals surface area contributed by atoms with Crippen molar-refractivity contribution in [3.05, 3.63) is 54.1 Å². The lowest BCUT2D eigenvalue weighted by Crippen LogP contribution is -2.11. The average molecular weight is 288 g/mol. The van der Waals surface area contributed by atoms with Gasteiger partial charge in [-0.05, 0) is 24.3 Å². The highest BCUT2D eigenvalue weighted by atomic mass is 16.5. The van der Waals surface area contributed by atoms with Gasteiger partial charge in [0.05, 0.1) is 7.11 Å². The Hall–Kier alpha value is -2.69. The molecule has 0 aromatic heterocycles. The molecule has 0 atom stereocenters. The van der Waals surface area contributed by atoms with Gasteiger partial charge in [-0.2, -0.15) is 0 Å². The van der Waals surface area contributed by atoms with Gasteiger partial charge in [-0.3, -0.25) is 0 Å². The number of benzene rings is 2. The Morgan fingerprint density at radius 2 is 1.71 bits per heavy atom. The highest BCUT2D eigenvalue weighted by Gasteiger charge is 2.12. The Balaban J connectivity index is 1.94. The van der Waals surface area contributed by atoms with E-state index in [1.54, 1.807) is 12.1 Å². The van der Waals surface area contributed by atoms with Crippen molar-refractivity contribution in [2.24, 2.45) is 0 Å². The molecule has 21 heavy (non-hydrogen) atoms. The second-order valence-corrected chi connectivity index (χ2v) is 4.18. The minimum Gasteiger partial charge on any atom is -0.497 e. The van der Waals surface area contributed by atoms with E-state index in [9.17, 15) is 4.79 Å². The third kappa shape index (κ3) is 4.14. The van der Waals surface area contributed by atoms with Crippen molar-refractivity contribution in [3.8, 4) is 17.2 Å². The van der Waals surface area contributed by atoms with Crippen molar-refractivity contribution >= 4 is 5.97 Å². The monoisotopic (exact) mass is 288 g/mol. The largest absolute Gasteiger partial charge is 0.497 e. The molecule has 0 aliphatic carbocycles. The van der Waals surface area contributed by atoms with Crippen LogP contribution < -0.4 is 14.2 Å². The first-order chi connectivity index (χ1) is 10.2. The molecule has 0 saturated heterocycles. The first-order valence-corrected chi connectivity index (χ1v) is 6.42. The number of hydrogen-bond acceptors (Lipinski definition) is 4. The lowest BCUT2D eigenvalue weighted by atomic mass is 10.2. The van der Waals surface area contributed by atoms with E-state index in [0.717, 1.165) is 5.75 Å². The van der Waals surface area contributed by atoms with E-state index in [1.807, 2.05) is 30.3 Å². The van der Waals surface area contributed by atoms with Gasteiger partial charge in [0.1, 0.15) is 36.0 Å². The van der Waals surface area contributed by atoms with Crippen LogP contribution in [0.5, 0.6) is 17.2 Å². The molecule has 0 bridgehead atoms. The molecule has 0 amide bonds. The van der Waals surface area contributed by atoms with Gasteiger partial charge in [-0.1, -0.05) is 18.2 Å². The van der Waals surface area contributed by atoms with Gasteiger partial charge in [0.2, 0.25) is 0 Å². The smallest absolute Gasteiger partial charge is 0.339 e. The van der Waals surface area contributed by atoms with Gasteiger partial charge in [0, 0.05) is 6.07 Å². The van der Waals surface area contributed by atoms with Gasteiger partial charge in [-0.25, -0.2) is 4.79 Å². The highest BCUT2D eigenvalue weighted by molar-refractivity contribution is 5.91. The lowest BCUT2D eigenvalue weighted by Gasteiger charge is -2.11. The molecule has 0 aliphatic rings. The minimum absolute atomic E-state index is 0.0931. The first kappa shape index (κ1) is 14.7. The Labute approximate surface area is 122 Å². The molecular formula is C16H16O5. The zero-order chi connectivity index (χ0) is 15.1. The third-order valence-corrected chi connectivity index (χ3v) is 2.77. The summed E-state index contributed by atoms with van der Waals surface area (Å²) in [5.74, 6) is 0.499. The SMILES string of the molecule is COc1ccc(C(=O)O)c(OCCOc2ccccc2)c1. The molecule has 0 heterocycles. The maximum absolute atomic E-state index is 11.1. The normalized spacial score (nSPS) is 9.95. The third-order valence-electron chi connectivity index (χ3n) is 2.77. The molecule has 1 N–H and O–H groups in total. The summed E-state index contributed by atoms with van der Waals surface area (Å²) >= 11 is 0. The summed E-state index contributed by atoms with van der Waals surface area (Å²) in [6.07, 6.45) is 0. The van der Waals surface area contributed by atoms with Crippen molar-refractivity contribution < 1.29 is 24.1 Å². The molecule has 0 saturated carbocycles. The summed E-state index contributed by atoms with van der Waals surface area (Å²) in [6, 6.07) is 13.9. The Morgan fingerprint density at radius 1 is 1.00 bits per heavy atom. The number of ether oxygens (including phenoxy) is 3. The van der Waals surface area contributed by atoms with E-state index < -0.39 is 5.97 Å². The van der Waals surface area contributed by atoms with E-state index in [-0.39, 0.29) is 17.9 Å². The molecule has 2 aromatic carbocycles. The predicted molar refractivity (Wildman–Crippen MR) is 77.4 cm³/mol. The molecule has 110 valence electrons. The average Bonchev–Trinajstić information content (AvgIpc) is 2.52. The Kier molecular flexibility index (Phi) is 5.04. The number of para-hydroxylation sites is 1. The Morgan fingerprint density at radius 3 is 2.38 bits per heavy atom. The van der Waals surface area contributed by atoms with Crippen molar-refractivity contribution in [1.82, 2.24) is 0 Å². The van der Waals surface area contributed by atoms with Crippen LogP contribution in [0, 0.1) is 0 Å². The number of hydrogen-bond donors (Lipinski definition) is 1. The van der Waals surface area contributed by atoms with E-state index in [1.165, 1.54) is 13.2 Å². The molecule has 5 nitrogen and oxygen atoms in total.